The van der Waals surface area contributed by atoms with Gasteiger partial charge in [0.25, 0.3) is 0 Å². The molecule has 0 radical (unpaired) electrons. The molecule has 2 saturated heterocycles. The second-order valence-electron chi connectivity index (χ2n) is 8.62. The van der Waals surface area contributed by atoms with Crippen molar-refractivity contribution in [2.75, 3.05) is 39.8 Å². The minimum absolute atomic E-state index is 0.0891. The highest BCUT2D eigenvalue weighted by Gasteiger charge is 2.28. The van der Waals surface area contributed by atoms with Crippen molar-refractivity contribution in [2.24, 2.45) is 5.92 Å². The summed E-state index contributed by atoms with van der Waals surface area (Å²) in [6, 6.07) is 19.0. The van der Waals surface area contributed by atoms with Gasteiger partial charge in [-0.15, -0.1) is 0 Å². The van der Waals surface area contributed by atoms with Crippen molar-refractivity contribution in [1.29, 1.82) is 0 Å². The fourth-order valence-electron chi connectivity index (χ4n) is 4.74. The molecular weight excluding hydrogens is 374 g/mol. The highest BCUT2D eigenvalue weighted by Crippen LogP contribution is 2.28. The third kappa shape index (κ3) is 5.33. The Morgan fingerprint density at radius 3 is 2.60 bits per heavy atom. The lowest BCUT2D eigenvalue weighted by Crippen LogP contribution is -2.44. The number of carbonyl (C=O) groups excluding carboxylic acids is 1. The summed E-state index contributed by atoms with van der Waals surface area (Å²) in [4.78, 5) is 17.2. The van der Waals surface area contributed by atoms with Crippen LogP contribution in [0.2, 0.25) is 0 Å². The molecule has 30 heavy (non-hydrogen) atoms. The van der Waals surface area contributed by atoms with Crippen molar-refractivity contribution in [2.45, 2.75) is 31.7 Å². The van der Waals surface area contributed by atoms with Crippen LogP contribution in [0.1, 0.15) is 36.3 Å². The van der Waals surface area contributed by atoms with Crippen LogP contribution in [0.15, 0.2) is 54.6 Å². The van der Waals surface area contributed by atoms with Crippen LogP contribution in [0.3, 0.4) is 0 Å². The van der Waals surface area contributed by atoms with E-state index in [9.17, 15) is 4.79 Å². The molecule has 1 N–H and O–H groups in total. The zero-order valence-corrected chi connectivity index (χ0v) is 17.9. The van der Waals surface area contributed by atoms with E-state index in [1.54, 1.807) is 7.11 Å². The van der Waals surface area contributed by atoms with E-state index < -0.39 is 0 Å². The number of likely N-dealkylation sites (tertiary alicyclic amines) is 2. The molecule has 0 spiro atoms. The van der Waals surface area contributed by atoms with Gasteiger partial charge in [0, 0.05) is 38.6 Å². The minimum Gasteiger partial charge on any atom is -0.497 e. The molecule has 5 nitrogen and oxygen atoms in total. The van der Waals surface area contributed by atoms with Crippen LogP contribution < -0.4 is 10.1 Å². The van der Waals surface area contributed by atoms with E-state index >= 15 is 0 Å². The zero-order chi connectivity index (χ0) is 20.8. The van der Waals surface area contributed by atoms with Crippen LogP contribution in [-0.2, 0) is 6.54 Å². The van der Waals surface area contributed by atoms with E-state index in [0.717, 1.165) is 51.4 Å². The average Bonchev–Trinajstić information content (AvgIpc) is 3.29. The lowest BCUT2D eigenvalue weighted by Gasteiger charge is -2.33. The zero-order valence-electron chi connectivity index (χ0n) is 17.9. The lowest BCUT2D eigenvalue weighted by molar-refractivity contribution is 0.161. The Morgan fingerprint density at radius 2 is 1.83 bits per heavy atom. The van der Waals surface area contributed by atoms with Gasteiger partial charge in [-0.3, -0.25) is 4.90 Å². The van der Waals surface area contributed by atoms with Crippen LogP contribution in [0.25, 0.3) is 0 Å². The van der Waals surface area contributed by atoms with Gasteiger partial charge in [-0.25, -0.2) is 4.79 Å². The number of urea groups is 1. The SMILES string of the molecule is COc1ccc(C2CCN(C(=O)NCC3CCCN(Cc4ccccc4)C3)C2)cc1. The first-order chi connectivity index (χ1) is 14.7. The van der Waals surface area contributed by atoms with E-state index in [2.05, 4.69) is 52.7 Å². The number of methoxy groups -OCH3 is 1. The largest absolute Gasteiger partial charge is 0.497 e. The maximum absolute atomic E-state index is 12.7. The predicted octanol–water partition coefficient (Wildman–Crippen LogP) is 4.11. The summed E-state index contributed by atoms with van der Waals surface area (Å²) in [6.07, 6.45) is 3.42. The number of carbonyl (C=O) groups is 1. The molecule has 2 aliphatic heterocycles. The molecule has 4 rings (SSSR count). The van der Waals surface area contributed by atoms with Gasteiger partial charge in [0.15, 0.2) is 0 Å². The normalized spacial score (nSPS) is 22.1. The van der Waals surface area contributed by atoms with Crippen LogP contribution >= 0.6 is 0 Å². The predicted molar refractivity (Wildman–Crippen MR) is 120 cm³/mol. The number of hydrogen-bond acceptors (Lipinski definition) is 3. The number of rotatable bonds is 6. The van der Waals surface area contributed by atoms with Crippen molar-refractivity contribution in [3.8, 4) is 5.75 Å². The molecule has 2 heterocycles. The Hall–Kier alpha value is -2.53. The summed E-state index contributed by atoms with van der Waals surface area (Å²) >= 11 is 0. The summed E-state index contributed by atoms with van der Waals surface area (Å²) in [5.41, 5.74) is 2.65. The van der Waals surface area contributed by atoms with E-state index in [4.69, 9.17) is 4.74 Å². The second-order valence-corrected chi connectivity index (χ2v) is 8.62. The molecule has 2 unspecified atom stereocenters. The molecule has 2 amide bonds. The number of benzene rings is 2. The number of nitrogens with one attached hydrogen (secondary N) is 1. The molecule has 0 aromatic heterocycles. The molecule has 2 aromatic rings. The summed E-state index contributed by atoms with van der Waals surface area (Å²) < 4.78 is 5.24. The average molecular weight is 408 g/mol. The van der Waals surface area contributed by atoms with Crippen molar-refractivity contribution in [1.82, 2.24) is 15.1 Å². The molecule has 160 valence electrons. The van der Waals surface area contributed by atoms with Crippen molar-refractivity contribution in [3.63, 3.8) is 0 Å². The standard InChI is InChI=1S/C25H33N3O2/c1-30-24-11-9-22(10-12-24)23-13-15-28(19-23)25(29)26-16-21-8-5-14-27(18-21)17-20-6-3-2-4-7-20/h2-4,6-7,9-12,21,23H,5,8,13-19H2,1H3,(H,26,29). The van der Waals surface area contributed by atoms with E-state index in [1.165, 1.54) is 24.0 Å². The highest BCUT2D eigenvalue weighted by atomic mass is 16.5. The van der Waals surface area contributed by atoms with Crippen molar-refractivity contribution < 1.29 is 9.53 Å². The molecule has 0 bridgehead atoms. The Labute approximate surface area is 180 Å². The summed E-state index contributed by atoms with van der Waals surface area (Å²) in [5.74, 6) is 1.82. The lowest BCUT2D eigenvalue weighted by atomic mass is 9.97. The third-order valence-corrected chi connectivity index (χ3v) is 6.46. The molecule has 5 heteroatoms. The molecule has 2 aromatic carbocycles. The van der Waals surface area contributed by atoms with Gasteiger partial charge in [0.05, 0.1) is 7.11 Å². The van der Waals surface area contributed by atoms with Crippen molar-refractivity contribution in [3.05, 3.63) is 65.7 Å². The molecule has 2 aliphatic rings. The topological polar surface area (TPSA) is 44.8 Å². The highest BCUT2D eigenvalue weighted by molar-refractivity contribution is 5.74. The minimum atomic E-state index is 0.0891. The second kappa shape index (κ2) is 9.98. The van der Waals surface area contributed by atoms with Crippen LogP contribution in [0.4, 0.5) is 4.79 Å². The smallest absolute Gasteiger partial charge is 0.317 e. The molecule has 0 aliphatic carbocycles. The summed E-state index contributed by atoms with van der Waals surface area (Å²) in [5, 5.41) is 3.21. The first-order valence-corrected chi connectivity index (χ1v) is 11.1. The number of hydrogen-bond donors (Lipinski definition) is 1. The first kappa shape index (κ1) is 20.7. The van der Waals surface area contributed by atoms with Crippen LogP contribution in [-0.4, -0.2) is 55.7 Å². The summed E-state index contributed by atoms with van der Waals surface area (Å²) in [6.45, 7) is 5.60. The third-order valence-electron chi connectivity index (χ3n) is 6.46. The monoisotopic (exact) mass is 407 g/mol. The number of amides is 2. The molecule has 2 fully saturated rings. The van der Waals surface area contributed by atoms with Gasteiger partial charge >= 0.3 is 6.03 Å². The van der Waals surface area contributed by atoms with Gasteiger partial charge in [0.1, 0.15) is 5.75 Å². The van der Waals surface area contributed by atoms with E-state index in [1.807, 2.05) is 17.0 Å². The van der Waals surface area contributed by atoms with Gasteiger partial charge in [-0.1, -0.05) is 42.5 Å². The number of nitrogens with zero attached hydrogens (tertiary/aromatic N) is 2. The molecule has 0 saturated carbocycles. The van der Waals surface area contributed by atoms with E-state index in [0.29, 0.717) is 11.8 Å². The quantitative estimate of drug-likeness (QED) is 0.784. The van der Waals surface area contributed by atoms with Crippen molar-refractivity contribution >= 4 is 6.03 Å². The van der Waals surface area contributed by atoms with Crippen LogP contribution in [0.5, 0.6) is 5.75 Å². The van der Waals surface area contributed by atoms with Gasteiger partial charge in [0.2, 0.25) is 0 Å². The fourth-order valence-corrected chi connectivity index (χ4v) is 4.74. The number of piperidine rings is 1. The van der Waals surface area contributed by atoms with E-state index in [-0.39, 0.29) is 6.03 Å². The molecule has 2 atom stereocenters. The number of ether oxygens (including phenoxy) is 1. The van der Waals surface area contributed by atoms with Crippen LogP contribution in [0, 0.1) is 5.92 Å². The maximum atomic E-state index is 12.7. The Bertz CT molecular complexity index is 809. The van der Waals surface area contributed by atoms with Gasteiger partial charge in [-0.2, -0.15) is 0 Å². The molecular formula is C25H33N3O2. The Morgan fingerprint density at radius 1 is 1.03 bits per heavy atom. The fraction of sp³-hybridized carbons (Fsp3) is 0.480. The van der Waals surface area contributed by atoms with Gasteiger partial charge in [-0.05, 0) is 55.0 Å². The van der Waals surface area contributed by atoms with Gasteiger partial charge < -0.3 is 15.0 Å². The Balaban J connectivity index is 1.22. The Kier molecular flexibility index (Phi) is 6.90. The summed E-state index contributed by atoms with van der Waals surface area (Å²) in [7, 11) is 1.68. The maximum Gasteiger partial charge on any atom is 0.317 e. The first-order valence-electron chi connectivity index (χ1n) is 11.1.